The van der Waals surface area contributed by atoms with Crippen molar-refractivity contribution in [2.24, 2.45) is 0 Å². The van der Waals surface area contributed by atoms with E-state index in [4.69, 9.17) is 10.2 Å². The first-order valence-corrected chi connectivity index (χ1v) is 8.20. The number of nitrogens with one attached hydrogen (secondary N) is 1. The summed E-state index contributed by atoms with van der Waals surface area (Å²) in [4.78, 5) is 22.5. The third-order valence-electron chi connectivity index (χ3n) is 3.57. The molecule has 0 rings (SSSR count). The van der Waals surface area contributed by atoms with Gasteiger partial charge in [-0.25, -0.2) is 0 Å². The van der Waals surface area contributed by atoms with Crippen molar-refractivity contribution in [2.45, 2.75) is 77.2 Å². The summed E-state index contributed by atoms with van der Waals surface area (Å²) in [5.41, 5.74) is 0. The van der Waals surface area contributed by atoms with Crippen molar-refractivity contribution in [3.63, 3.8) is 0 Å². The molecule has 0 aromatic heterocycles. The van der Waals surface area contributed by atoms with E-state index in [2.05, 4.69) is 12.2 Å². The van der Waals surface area contributed by atoms with Crippen LogP contribution < -0.4 is 5.32 Å². The summed E-state index contributed by atoms with van der Waals surface area (Å²) in [5, 5.41) is 20.4. The average molecular weight is 301 g/mol. The minimum Gasteiger partial charge on any atom is -0.480 e. The molecule has 0 aromatic carbocycles. The first-order valence-electron chi connectivity index (χ1n) is 8.20. The minimum atomic E-state index is -0.983. The molecule has 0 radical (unpaired) electrons. The van der Waals surface area contributed by atoms with Gasteiger partial charge in [-0.15, -0.1) is 0 Å². The molecule has 0 saturated carbocycles. The van der Waals surface area contributed by atoms with Crippen LogP contribution in [-0.2, 0) is 9.59 Å². The molecule has 5 heteroatoms. The number of carbonyl (C=O) groups is 2. The highest BCUT2D eigenvalue weighted by molar-refractivity contribution is 5.78. The van der Waals surface area contributed by atoms with E-state index in [1.54, 1.807) is 0 Å². The molecule has 5 nitrogen and oxygen atoms in total. The van der Waals surface area contributed by atoms with Crippen LogP contribution in [0.2, 0.25) is 0 Å². The number of aliphatic carboxylic acids is 1. The van der Waals surface area contributed by atoms with Crippen LogP contribution in [-0.4, -0.2) is 41.2 Å². The number of aliphatic hydroxyl groups excluding tert-OH is 1. The number of hydrogen-bond donors (Lipinski definition) is 3. The molecule has 124 valence electrons. The van der Waals surface area contributed by atoms with E-state index in [0.717, 1.165) is 12.8 Å². The monoisotopic (exact) mass is 301 g/mol. The second-order valence-corrected chi connectivity index (χ2v) is 5.52. The molecule has 0 aliphatic rings. The first-order chi connectivity index (χ1) is 10.1. The fourth-order valence-corrected chi connectivity index (χ4v) is 2.23. The number of aliphatic hydroxyl groups is 1. The summed E-state index contributed by atoms with van der Waals surface area (Å²) in [5.74, 6) is -0.798. The largest absolute Gasteiger partial charge is 0.480 e. The van der Waals surface area contributed by atoms with Gasteiger partial charge in [0.25, 0.3) is 0 Å². The van der Waals surface area contributed by atoms with Gasteiger partial charge in [0.2, 0.25) is 0 Å². The Morgan fingerprint density at radius 1 is 1.00 bits per heavy atom. The van der Waals surface area contributed by atoms with Gasteiger partial charge in [-0.2, -0.15) is 0 Å². The maximum absolute atomic E-state index is 11.7. The Balaban J connectivity index is 3.51. The zero-order valence-corrected chi connectivity index (χ0v) is 13.3. The SMILES string of the molecule is CCCCCCCCCC(=O)CCN[C@@H](CCO)C(=O)O. The fourth-order valence-electron chi connectivity index (χ4n) is 2.23. The van der Waals surface area contributed by atoms with E-state index < -0.39 is 12.0 Å². The number of ketones is 1. The number of hydrogen-bond acceptors (Lipinski definition) is 4. The van der Waals surface area contributed by atoms with Crippen LogP contribution in [0.3, 0.4) is 0 Å². The molecule has 0 unspecified atom stereocenters. The Bertz CT molecular complexity index is 281. The second-order valence-electron chi connectivity index (χ2n) is 5.52. The maximum atomic E-state index is 11.7. The van der Waals surface area contributed by atoms with E-state index >= 15 is 0 Å². The van der Waals surface area contributed by atoms with Crippen LogP contribution in [0.4, 0.5) is 0 Å². The molecule has 0 fully saturated rings. The molecule has 0 saturated heterocycles. The van der Waals surface area contributed by atoms with Gasteiger partial charge in [0, 0.05) is 26.0 Å². The van der Waals surface area contributed by atoms with Gasteiger partial charge < -0.3 is 15.5 Å². The Morgan fingerprint density at radius 2 is 1.62 bits per heavy atom. The highest BCUT2D eigenvalue weighted by atomic mass is 16.4. The van der Waals surface area contributed by atoms with Crippen LogP contribution in [0.25, 0.3) is 0 Å². The minimum absolute atomic E-state index is 0.168. The summed E-state index contributed by atoms with van der Waals surface area (Å²) in [7, 11) is 0. The third-order valence-corrected chi connectivity index (χ3v) is 3.57. The molecule has 0 aliphatic heterocycles. The molecule has 0 spiro atoms. The molecular formula is C16H31NO4. The van der Waals surface area contributed by atoms with Crippen LogP contribution in [0, 0.1) is 0 Å². The molecule has 0 aromatic rings. The Morgan fingerprint density at radius 3 is 2.19 bits per heavy atom. The Kier molecular flexibility index (Phi) is 13.4. The number of carboxylic acids is 1. The summed E-state index contributed by atoms with van der Waals surface area (Å²) in [6.45, 7) is 2.39. The number of carboxylic acid groups (broad SMARTS) is 1. The van der Waals surface area contributed by atoms with E-state index in [0.29, 0.717) is 19.4 Å². The predicted octanol–water partition coefficient (Wildman–Crippen LogP) is 2.51. The van der Waals surface area contributed by atoms with Crippen LogP contribution >= 0.6 is 0 Å². The van der Waals surface area contributed by atoms with Gasteiger partial charge in [-0.1, -0.05) is 45.4 Å². The van der Waals surface area contributed by atoms with Crippen molar-refractivity contribution in [3.8, 4) is 0 Å². The smallest absolute Gasteiger partial charge is 0.320 e. The van der Waals surface area contributed by atoms with Gasteiger partial charge in [0.15, 0.2) is 0 Å². The molecular weight excluding hydrogens is 270 g/mol. The van der Waals surface area contributed by atoms with Crippen molar-refractivity contribution in [1.82, 2.24) is 5.32 Å². The van der Waals surface area contributed by atoms with Gasteiger partial charge >= 0.3 is 5.97 Å². The molecule has 0 heterocycles. The normalized spacial score (nSPS) is 12.3. The number of unbranched alkanes of at least 4 members (excludes halogenated alkanes) is 6. The Labute approximate surface area is 128 Å². The lowest BCUT2D eigenvalue weighted by atomic mass is 10.1. The quantitative estimate of drug-likeness (QED) is 0.405. The standard InChI is InChI=1S/C16H31NO4/c1-2-3-4-5-6-7-8-9-14(19)10-12-17-15(11-13-18)16(20)21/h15,17-18H,2-13H2,1H3,(H,20,21)/t15-/m0/s1. The summed E-state index contributed by atoms with van der Waals surface area (Å²) in [6.07, 6.45) is 9.45. The number of rotatable bonds is 15. The number of carbonyl (C=O) groups excluding carboxylic acids is 1. The topological polar surface area (TPSA) is 86.6 Å². The molecule has 0 aliphatic carbocycles. The van der Waals surface area contributed by atoms with Crippen molar-refractivity contribution in [3.05, 3.63) is 0 Å². The van der Waals surface area contributed by atoms with Gasteiger partial charge in [0.1, 0.15) is 11.8 Å². The molecule has 0 amide bonds. The van der Waals surface area contributed by atoms with Crippen molar-refractivity contribution < 1.29 is 19.8 Å². The highest BCUT2D eigenvalue weighted by Crippen LogP contribution is 2.09. The lowest BCUT2D eigenvalue weighted by molar-refractivity contribution is -0.140. The zero-order chi connectivity index (χ0) is 15.9. The average Bonchev–Trinajstić information content (AvgIpc) is 2.45. The molecule has 1 atom stereocenters. The van der Waals surface area contributed by atoms with E-state index in [-0.39, 0.29) is 18.8 Å². The van der Waals surface area contributed by atoms with Crippen molar-refractivity contribution >= 4 is 11.8 Å². The lowest BCUT2D eigenvalue weighted by Crippen LogP contribution is -2.38. The third kappa shape index (κ3) is 12.5. The van der Waals surface area contributed by atoms with Crippen LogP contribution in [0.5, 0.6) is 0 Å². The fraction of sp³-hybridized carbons (Fsp3) is 0.875. The zero-order valence-electron chi connectivity index (χ0n) is 13.3. The van der Waals surface area contributed by atoms with Crippen LogP contribution in [0.1, 0.15) is 71.1 Å². The summed E-state index contributed by atoms with van der Waals surface area (Å²) >= 11 is 0. The van der Waals surface area contributed by atoms with Gasteiger partial charge in [-0.05, 0) is 12.8 Å². The van der Waals surface area contributed by atoms with Gasteiger partial charge in [-0.3, -0.25) is 9.59 Å². The van der Waals surface area contributed by atoms with Gasteiger partial charge in [0.05, 0.1) is 0 Å². The maximum Gasteiger partial charge on any atom is 0.320 e. The number of Topliss-reactive ketones (excluding diaryl/α,β-unsaturated/α-hetero) is 1. The highest BCUT2D eigenvalue weighted by Gasteiger charge is 2.15. The van der Waals surface area contributed by atoms with E-state index in [1.165, 1.54) is 32.1 Å². The predicted molar refractivity (Wildman–Crippen MR) is 83.4 cm³/mol. The molecule has 3 N–H and O–H groups in total. The summed E-state index contributed by atoms with van der Waals surface area (Å²) < 4.78 is 0. The summed E-state index contributed by atoms with van der Waals surface area (Å²) in [6, 6.07) is -0.763. The van der Waals surface area contributed by atoms with Crippen molar-refractivity contribution in [1.29, 1.82) is 0 Å². The Hall–Kier alpha value is -0.940. The van der Waals surface area contributed by atoms with E-state index in [1.807, 2.05) is 0 Å². The first kappa shape index (κ1) is 20.1. The molecule has 0 bridgehead atoms. The lowest BCUT2D eigenvalue weighted by Gasteiger charge is -2.12. The second kappa shape index (κ2) is 14.0. The van der Waals surface area contributed by atoms with E-state index in [9.17, 15) is 9.59 Å². The molecule has 21 heavy (non-hydrogen) atoms. The van der Waals surface area contributed by atoms with Crippen molar-refractivity contribution in [2.75, 3.05) is 13.2 Å². The van der Waals surface area contributed by atoms with Crippen LogP contribution in [0.15, 0.2) is 0 Å².